The Bertz CT molecular complexity index is 1620. The maximum absolute atomic E-state index is 13.8. The van der Waals surface area contributed by atoms with E-state index in [0.29, 0.717) is 28.0 Å². The van der Waals surface area contributed by atoms with E-state index >= 15 is 0 Å². The fraction of sp³-hybridized carbons (Fsp3) is 0.250. The first kappa shape index (κ1) is 25.0. The number of hydrogen-bond acceptors (Lipinski definition) is 5. The fourth-order valence-electron chi connectivity index (χ4n) is 4.24. The Kier molecular flexibility index (Phi) is 6.29. The molecule has 9 heteroatoms. The molecule has 1 aromatic heterocycles. The highest BCUT2D eigenvalue weighted by molar-refractivity contribution is 7.89. The third-order valence-electron chi connectivity index (χ3n) is 6.39. The van der Waals surface area contributed by atoms with Gasteiger partial charge in [0, 0.05) is 30.1 Å². The Labute approximate surface area is 214 Å². The van der Waals surface area contributed by atoms with Crippen LogP contribution in [0.1, 0.15) is 37.5 Å². The van der Waals surface area contributed by atoms with Gasteiger partial charge in [0.25, 0.3) is 5.56 Å². The Balaban J connectivity index is 1.54. The Morgan fingerprint density at radius 2 is 1.57 bits per heavy atom. The topological polar surface area (TPSA) is 88.7 Å². The number of nitrogens with zero attached hydrogens (tertiary/aromatic N) is 1. The highest BCUT2D eigenvalue weighted by atomic mass is 32.2. The molecule has 0 aliphatic carbocycles. The van der Waals surface area contributed by atoms with E-state index in [4.69, 9.17) is 9.47 Å². The number of hydrogen-bond donors (Lipinski definition) is 1. The van der Waals surface area contributed by atoms with Crippen LogP contribution in [0.5, 0.6) is 11.5 Å². The summed E-state index contributed by atoms with van der Waals surface area (Å²) >= 11 is 0. The lowest BCUT2D eigenvalue weighted by Crippen LogP contribution is -2.32. The zero-order valence-corrected chi connectivity index (χ0v) is 21.6. The van der Waals surface area contributed by atoms with Gasteiger partial charge in [0.1, 0.15) is 5.82 Å². The van der Waals surface area contributed by atoms with E-state index < -0.39 is 21.4 Å². The Hall–Kier alpha value is -3.69. The summed E-state index contributed by atoms with van der Waals surface area (Å²) in [4.78, 5) is 15.9. The molecule has 0 radical (unpaired) electrons. The molecule has 0 unspecified atom stereocenters. The van der Waals surface area contributed by atoms with Crippen LogP contribution in [0.3, 0.4) is 0 Å². The number of pyridine rings is 1. The maximum atomic E-state index is 13.8. The molecule has 0 spiro atoms. The van der Waals surface area contributed by atoms with Crippen LogP contribution in [0.25, 0.3) is 10.9 Å². The maximum Gasteiger partial charge on any atom is 0.252 e. The van der Waals surface area contributed by atoms with E-state index in [2.05, 4.69) is 25.8 Å². The minimum absolute atomic E-state index is 0.0394. The molecule has 5 rings (SSSR count). The number of aromatic nitrogens is 1. The summed E-state index contributed by atoms with van der Waals surface area (Å²) in [5.74, 6) is 0.677. The molecular formula is C28H27FN2O5S. The van der Waals surface area contributed by atoms with Crippen molar-refractivity contribution in [3.63, 3.8) is 0 Å². The van der Waals surface area contributed by atoms with Gasteiger partial charge < -0.3 is 14.5 Å². The van der Waals surface area contributed by atoms with Crippen LogP contribution in [0.4, 0.5) is 4.39 Å². The lowest BCUT2D eigenvalue weighted by atomic mass is 9.87. The van der Waals surface area contributed by atoms with Gasteiger partial charge in [0.2, 0.25) is 16.8 Å². The van der Waals surface area contributed by atoms with Gasteiger partial charge in [0.15, 0.2) is 11.5 Å². The minimum Gasteiger partial charge on any atom is -0.454 e. The number of H-pyrrole nitrogens is 1. The van der Waals surface area contributed by atoms with Crippen LogP contribution in [-0.2, 0) is 28.5 Å². The fourth-order valence-corrected chi connectivity index (χ4v) is 5.65. The van der Waals surface area contributed by atoms with Crippen molar-refractivity contribution in [3.05, 3.63) is 99.6 Å². The quantitative estimate of drug-likeness (QED) is 0.381. The van der Waals surface area contributed by atoms with Crippen molar-refractivity contribution in [1.29, 1.82) is 0 Å². The zero-order chi connectivity index (χ0) is 26.4. The van der Waals surface area contributed by atoms with Crippen LogP contribution in [0.15, 0.2) is 76.4 Å². The molecular weight excluding hydrogens is 495 g/mol. The molecule has 0 amide bonds. The van der Waals surface area contributed by atoms with E-state index in [9.17, 15) is 17.6 Å². The van der Waals surface area contributed by atoms with Crippen molar-refractivity contribution in [1.82, 2.24) is 9.29 Å². The van der Waals surface area contributed by atoms with Gasteiger partial charge in [-0.1, -0.05) is 45.0 Å². The Morgan fingerprint density at radius 1 is 0.919 bits per heavy atom. The SMILES string of the molecule is CC(C)(C)c1ccc(S(=O)(=O)N(Cc2ccc(F)cc2)Cc2cc3cc4c(cc3[nH]c2=O)OCO4)cc1. The number of halogens is 1. The van der Waals surface area contributed by atoms with Crippen molar-refractivity contribution in [2.75, 3.05) is 6.79 Å². The summed E-state index contributed by atoms with van der Waals surface area (Å²) in [6.07, 6.45) is 0. The van der Waals surface area contributed by atoms with Gasteiger partial charge in [0.05, 0.1) is 10.4 Å². The van der Waals surface area contributed by atoms with Crippen LogP contribution < -0.4 is 15.0 Å². The van der Waals surface area contributed by atoms with E-state index in [-0.39, 0.29) is 35.8 Å². The molecule has 192 valence electrons. The molecule has 4 aromatic rings. The normalized spacial score (nSPS) is 13.4. The first-order valence-electron chi connectivity index (χ1n) is 11.8. The van der Waals surface area contributed by atoms with Crippen LogP contribution in [-0.4, -0.2) is 24.5 Å². The van der Waals surface area contributed by atoms with E-state index in [1.807, 2.05) is 0 Å². The third-order valence-corrected chi connectivity index (χ3v) is 8.20. The molecule has 7 nitrogen and oxygen atoms in total. The van der Waals surface area contributed by atoms with E-state index in [1.54, 1.807) is 42.5 Å². The standard InChI is InChI=1S/C28H27FN2O5S/c1-28(2,3)21-6-10-23(11-7-21)37(33,34)31(15-18-4-8-22(29)9-5-18)16-20-12-19-13-25-26(36-17-35-25)14-24(19)30-27(20)32/h4-14H,15-17H2,1-3H3,(H,30,32). The second-order valence-electron chi connectivity index (χ2n) is 10.1. The first-order valence-corrected chi connectivity index (χ1v) is 13.3. The zero-order valence-electron chi connectivity index (χ0n) is 20.7. The van der Waals surface area contributed by atoms with Crippen molar-refractivity contribution >= 4 is 20.9 Å². The average Bonchev–Trinajstić information content (AvgIpc) is 3.30. The number of ether oxygens (including phenoxy) is 2. The van der Waals surface area contributed by atoms with Crippen LogP contribution >= 0.6 is 0 Å². The summed E-state index contributed by atoms with van der Waals surface area (Å²) in [5.41, 5.74) is 1.88. The molecule has 37 heavy (non-hydrogen) atoms. The van der Waals surface area contributed by atoms with Crippen LogP contribution in [0, 0.1) is 5.82 Å². The molecule has 0 bridgehead atoms. The lowest BCUT2D eigenvalue weighted by molar-refractivity contribution is 0.174. The van der Waals surface area contributed by atoms with Gasteiger partial charge in [-0.05, 0) is 52.9 Å². The number of aromatic amines is 1. The summed E-state index contributed by atoms with van der Waals surface area (Å²) in [7, 11) is -4.01. The number of sulfonamides is 1. The molecule has 0 saturated carbocycles. The van der Waals surface area contributed by atoms with E-state index in [1.165, 1.54) is 28.6 Å². The highest BCUT2D eigenvalue weighted by Crippen LogP contribution is 2.35. The predicted molar refractivity (Wildman–Crippen MR) is 139 cm³/mol. The molecule has 1 N–H and O–H groups in total. The van der Waals surface area contributed by atoms with Crippen molar-refractivity contribution in [2.45, 2.75) is 44.2 Å². The summed E-state index contributed by atoms with van der Waals surface area (Å²) in [5, 5.41) is 0.688. The summed E-state index contributed by atoms with van der Waals surface area (Å²) in [6.45, 7) is 6.03. The summed E-state index contributed by atoms with van der Waals surface area (Å²) in [6, 6.07) is 17.5. The number of nitrogens with one attached hydrogen (secondary N) is 1. The smallest absolute Gasteiger partial charge is 0.252 e. The molecule has 0 fully saturated rings. The van der Waals surface area contributed by atoms with Gasteiger partial charge in [-0.15, -0.1) is 0 Å². The third kappa shape index (κ3) is 5.10. The number of rotatable bonds is 6. The number of fused-ring (bicyclic) bond motifs is 2. The summed E-state index contributed by atoms with van der Waals surface area (Å²) < 4.78 is 53.2. The second kappa shape index (κ2) is 9.32. The van der Waals surface area contributed by atoms with Crippen molar-refractivity contribution in [3.8, 4) is 11.5 Å². The second-order valence-corrected chi connectivity index (χ2v) is 12.0. The minimum atomic E-state index is -4.01. The number of benzene rings is 3. The Morgan fingerprint density at radius 3 is 2.22 bits per heavy atom. The molecule has 0 atom stereocenters. The molecule has 0 saturated heterocycles. The van der Waals surface area contributed by atoms with Crippen molar-refractivity contribution < 1.29 is 22.3 Å². The van der Waals surface area contributed by atoms with Crippen LogP contribution in [0.2, 0.25) is 0 Å². The lowest BCUT2D eigenvalue weighted by Gasteiger charge is -2.24. The van der Waals surface area contributed by atoms with Gasteiger partial charge >= 0.3 is 0 Å². The average molecular weight is 523 g/mol. The van der Waals surface area contributed by atoms with Gasteiger partial charge in [-0.3, -0.25) is 4.79 Å². The largest absolute Gasteiger partial charge is 0.454 e. The monoisotopic (exact) mass is 522 g/mol. The molecule has 2 heterocycles. The van der Waals surface area contributed by atoms with Crippen molar-refractivity contribution in [2.24, 2.45) is 0 Å². The molecule has 1 aliphatic heterocycles. The molecule has 1 aliphatic rings. The van der Waals surface area contributed by atoms with Gasteiger partial charge in [-0.2, -0.15) is 4.31 Å². The van der Waals surface area contributed by atoms with Gasteiger partial charge in [-0.25, -0.2) is 12.8 Å². The first-order chi connectivity index (χ1) is 17.5. The molecule has 3 aromatic carbocycles. The van der Waals surface area contributed by atoms with E-state index in [0.717, 1.165) is 5.56 Å². The predicted octanol–water partition coefficient (Wildman–Crippen LogP) is 5.08. The highest BCUT2D eigenvalue weighted by Gasteiger charge is 2.27.